The highest BCUT2D eigenvalue weighted by atomic mass is 16.2. The van der Waals surface area contributed by atoms with Crippen molar-refractivity contribution in [2.24, 2.45) is 11.1 Å². The van der Waals surface area contributed by atoms with Crippen LogP contribution in [0.5, 0.6) is 0 Å². The van der Waals surface area contributed by atoms with Gasteiger partial charge in [0, 0.05) is 11.4 Å². The maximum atomic E-state index is 11.9. The fourth-order valence-electron chi connectivity index (χ4n) is 1.36. The summed E-state index contributed by atoms with van der Waals surface area (Å²) in [6.07, 6.45) is 0. The molecule has 1 aromatic heterocycles. The van der Waals surface area contributed by atoms with Crippen LogP contribution in [0.15, 0.2) is 6.07 Å². The third-order valence-electron chi connectivity index (χ3n) is 2.43. The Morgan fingerprint density at radius 3 is 2.18 bits per heavy atom. The van der Waals surface area contributed by atoms with Crippen LogP contribution >= 0.6 is 0 Å². The molecule has 1 atom stereocenters. The van der Waals surface area contributed by atoms with Crippen molar-refractivity contribution < 1.29 is 4.79 Å². The van der Waals surface area contributed by atoms with Gasteiger partial charge in [-0.1, -0.05) is 20.8 Å². The number of hydrogen-bond acceptors (Lipinski definition) is 4. The van der Waals surface area contributed by atoms with Gasteiger partial charge in [-0.3, -0.25) is 10.1 Å². The van der Waals surface area contributed by atoms with Gasteiger partial charge in [0.25, 0.3) is 0 Å². The van der Waals surface area contributed by atoms with E-state index in [9.17, 15) is 4.79 Å². The van der Waals surface area contributed by atoms with E-state index in [0.29, 0.717) is 5.95 Å². The number of nitrogens with zero attached hydrogens (tertiary/aromatic N) is 2. The lowest BCUT2D eigenvalue weighted by atomic mass is 9.87. The summed E-state index contributed by atoms with van der Waals surface area (Å²) in [7, 11) is 0. The summed E-state index contributed by atoms with van der Waals surface area (Å²) in [6, 6.07) is 1.26. The predicted molar refractivity (Wildman–Crippen MR) is 67.6 cm³/mol. The number of amides is 1. The molecule has 0 fully saturated rings. The van der Waals surface area contributed by atoms with Crippen LogP contribution in [0.4, 0.5) is 5.95 Å². The SMILES string of the molecule is Cc1cc(C)nc(NC(=O)[C@@H](N)C(C)(C)C)n1. The standard InChI is InChI=1S/C12H20N4O/c1-7-6-8(2)15-11(14-7)16-10(17)9(13)12(3,4)5/h6,9H,13H2,1-5H3,(H,14,15,16,17)/t9-/m1/s1. The predicted octanol–water partition coefficient (Wildman–Crippen LogP) is 1.41. The minimum atomic E-state index is -0.591. The second kappa shape index (κ2) is 4.79. The number of nitrogens with one attached hydrogen (secondary N) is 1. The highest BCUT2D eigenvalue weighted by Gasteiger charge is 2.27. The van der Waals surface area contributed by atoms with E-state index >= 15 is 0 Å². The molecule has 0 bridgehead atoms. The number of carbonyl (C=O) groups is 1. The maximum Gasteiger partial charge on any atom is 0.244 e. The largest absolute Gasteiger partial charge is 0.319 e. The van der Waals surface area contributed by atoms with Crippen molar-refractivity contribution in [2.75, 3.05) is 5.32 Å². The average molecular weight is 236 g/mol. The van der Waals surface area contributed by atoms with E-state index in [1.54, 1.807) is 0 Å². The van der Waals surface area contributed by atoms with Crippen molar-refractivity contribution in [3.8, 4) is 0 Å². The van der Waals surface area contributed by atoms with Gasteiger partial charge < -0.3 is 5.73 Å². The molecule has 0 aliphatic carbocycles. The molecule has 0 aliphatic rings. The van der Waals surface area contributed by atoms with Crippen molar-refractivity contribution in [1.82, 2.24) is 9.97 Å². The topological polar surface area (TPSA) is 80.9 Å². The third-order valence-corrected chi connectivity index (χ3v) is 2.43. The molecular weight excluding hydrogens is 216 g/mol. The molecular formula is C12H20N4O. The lowest BCUT2D eigenvalue weighted by molar-refractivity contribution is -0.119. The van der Waals surface area contributed by atoms with Gasteiger partial charge in [0.1, 0.15) is 0 Å². The van der Waals surface area contributed by atoms with Gasteiger partial charge in [0.2, 0.25) is 11.9 Å². The Hall–Kier alpha value is -1.49. The van der Waals surface area contributed by atoms with Crippen molar-refractivity contribution in [1.29, 1.82) is 0 Å². The monoisotopic (exact) mass is 236 g/mol. The number of carbonyl (C=O) groups excluding carboxylic acids is 1. The maximum absolute atomic E-state index is 11.9. The number of hydrogen-bond donors (Lipinski definition) is 2. The number of aryl methyl sites for hydroxylation is 2. The highest BCUT2D eigenvalue weighted by Crippen LogP contribution is 2.18. The normalized spacial score (nSPS) is 13.3. The Kier molecular flexibility index (Phi) is 3.83. The summed E-state index contributed by atoms with van der Waals surface area (Å²) in [5, 5.41) is 2.64. The van der Waals surface area contributed by atoms with E-state index in [1.165, 1.54) is 0 Å². The molecule has 0 aliphatic heterocycles. The molecule has 5 nitrogen and oxygen atoms in total. The third kappa shape index (κ3) is 3.78. The van der Waals surface area contributed by atoms with Gasteiger partial charge in [-0.05, 0) is 25.3 Å². The Labute approximate surface area is 102 Å². The number of anilines is 1. The number of rotatable bonds is 2. The van der Waals surface area contributed by atoms with Crippen LogP contribution in [-0.4, -0.2) is 21.9 Å². The summed E-state index contributed by atoms with van der Waals surface area (Å²) >= 11 is 0. The molecule has 5 heteroatoms. The van der Waals surface area contributed by atoms with Crippen LogP contribution in [0, 0.1) is 19.3 Å². The summed E-state index contributed by atoms with van der Waals surface area (Å²) in [5.74, 6) is 0.0506. The molecule has 0 saturated carbocycles. The fraction of sp³-hybridized carbons (Fsp3) is 0.583. The fourth-order valence-corrected chi connectivity index (χ4v) is 1.36. The quantitative estimate of drug-likeness (QED) is 0.813. The summed E-state index contributed by atoms with van der Waals surface area (Å²) < 4.78 is 0. The minimum absolute atomic E-state index is 0.262. The highest BCUT2D eigenvalue weighted by molar-refractivity contribution is 5.93. The van der Waals surface area contributed by atoms with E-state index in [4.69, 9.17) is 5.73 Å². The summed E-state index contributed by atoms with van der Waals surface area (Å²) in [5.41, 5.74) is 7.20. The second-order valence-corrected chi connectivity index (χ2v) is 5.31. The van der Waals surface area contributed by atoms with Crippen LogP contribution in [0.2, 0.25) is 0 Å². The van der Waals surface area contributed by atoms with Crippen molar-refractivity contribution in [2.45, 2.75) is 40.7 Å². The first-order valence-corrected chi connectivity index (χ1v) is 5.59. The van der Waals surface area contributed by atoms with Crippen LogP contribution < -0.4 is 11.1 Å². The van der Waals surface area contributed by atoms with Gasteiger partial charge in [-0.15, -0.1) is 0 Å². The molecule has 3 N–H and O–H groups in total. The van der Waals surface area contributed by atoms with Crippen molar-refractivity contribution in [3.63, 3.8) is 0 Å². The zero-order valence-corrected chi connectivity index (χ0v) is 11.0. The van der Waals surface area contributed by atoms with E-state index in [-0.39, 0.29) is 11.3 Å². The van der Waals surface area contributed by atoms with Gasteiger partial charge in [-0.2, -0.15) is 0 Å². The smallest absolute Gasteiger partial charge is 0.244 e. The van der Waals surface area contributed by atoms with Crippen LogP contribution in [-0.2, 0) is 4.79 Å². The van der Waals surface area contributed by atoms with E-state index in [2.05, 4.69) is 15.3 Å². The molecule has 17 heavy (non-hydrogen) atoms. The van der Waals surface area contributed by atoms with Crippen LogP contribution in [0.1, 0.15) is 32.2 Å². The Bertz CT molecular complexity index is 403. The molecule has 0 unspecified atom stereocenters. The number of aromatic nitrogens is 2. The zero-order valence-electron chi connectivity index (χ0n) is 11.0. The van der Waals surface area contributed by atoms with Gasteiger partial charge in [-0.25, -0.2) is 9.97 Å². The molecule has 1 amide bonds. The molecule has 1 aromatic rings. The van der Waals surface area contributed by atoms with Crippen molar-refractivity contribution >= 4 is 11.9 Å². The first-order valence-electron chi connectivity index (χ1n) is 5.59. The van der Waals surface area contributed by atoms with Crippen molar-refractivity contribution in [3.05, 3.63) is 17.5 Å². The molecule has 94 valence electrons. The van der Waals surface area contributed by atoms with E-state index in [1.807, 2.05) is 40.7 Å². The Balaban J connectivity index is 2.81. The van der Waals surface area contributed by atoms with Crippen LogP contribution in [0.25, 0.3) is 0 Å². The van der Waals surface area contributed by atoms with Gasteiger partial charge in [0.15, 0.2) is 0 Å². The molecule has 0 saturated heterocycles. The average Bonchev–Trinajstić information content (AvgIpc) is 2.13. The first-order chi connectivity index (χ1) is 7.70. The van der Waals surface area contributed by atoms with Crippen LogP contribution in [0.3, 0.4) is 0 Å². The zero-order chi connectivity index (χ0) is 13.2. The second-order valence-electron chi connectivity index (χ2n) is 5.31. The Morgan fingerprint density at radius 1 is 1.29 bits per heavy atom. The van der Waals surface area contributed by atoms with Gasteiger partial charge >= 0.3 is 0 Å². The molecule has 0 spiro atoms. The van der Waals surface area contributed by atoms with E-state index < -0.39 is 6.04 Å². The molecule has 0 radical (unpaired) electrons. The first kappa shape index (κ1) is 13.6. The van der Waals surface area contributed by atoms with Gasteiger partial charge in [0.05, 0.1) is 6.04 Å². The molecule has 1 heterocycles. The van der Waals surface area contributed by atoms with E-state index in [0.717, 1.165) is 11.4 Å². The molecule has 0 aromatic carbocycles. The summed E-state index contributed by atoms with van der Waals surface area (Å²) in [6.45, 7) is 9.46. The Morgan fingerprint density at radius 2 is 1.76 bits per heavy atom. The lowest BCUT2D eigenvalue weighted by Crippen LogP contribution is -2.45. The number of nitrogens with two attached hydrogens (primary N) is 1. The summed E-state index contributed by atoms with van der Waals surface area (Å²) in [4.78, 5) is 20.1. The lowest BCUT2D eigenvalue weighted by Gasteiger charge is -2.25. The minimum Gasteiger partial charge on any atom is -0.319 e. The molecule has 1 rings (SSSR count).